The molecule has 0 aliphatic carbocycles. The van der Waals surface area contributed by atoms with Crippen molar-refractivity contribution in [1.82, 2.24) is 4.90 Å². The minimum atomic E-state index is -0.422. The summed E-state index contributed by atoms with van der Waals surface area (Å²) in [6.07, 6.45) is 1.93. The quantitative estimate of drug-likeness (QED) is 0.663. The number of likely N-dealkylation sites (tertiary alicyclic amines) is 1. The summed E-state index contributed by atoms with van der Waals surface area (Å²) in [4.78, 5) is 14.1. The van der Waals surface area contributed by atoms with E-state index in [0.717, 1.165) is 24.7 Å². The molecule has 1 rings (SSSR count). The molecule has 0 unspecified atom stereocenters. The van der Waals surface area contributed by atoms with E-state index in [4.69, 9.17) is 4.74 Å². The zero-order chi connectivity index (χ0) is 14.8. The molecule has 112 valence electrons. The van der Waals surface area contributed by atoms with Gasteiger partial charge >= 0.3 is 6.09 Å². The van der Waals surface area contributed by atoms with Crippen molar-refractivity contribution in [1.29, 1.82) is 0 Å². The predicted molar refractivity (Wildman–Crippen MR) is 82.7 cm³/mol. The topological polar surface area (TPSA) is 29.5 Å². The van der Waals surface area contributed by atoms with Crippen LogP contribution in [0.25, 0.3) is 0 Å². The maximum absolute atomic E-state index is 12.2. The molecule has 2 atom stereocenters. The van der Waals surface area contributed by atoms with Crippen LogP contribution in [-0.4, -0.2) is 34.5 Å². The van der Waals surface area contributed by atoms with Gasteiger partial charge in [0, 0.05) is 17.9 Å². The first-order valence-electron chi connectivity index (χ1n) is 7.10. The Labute approximate surface area is 126 Å². The summed E-state index contributed by atoms with van der Waals surface area (Å²) in [7, 11) is 0. The van der Waals surface area contributed by atoms with E-state index in [1.807, 2.05) is 25.7 Å². The van der Waals surface area contributed by atoms with Crippen LogP contribution in [0.5, 0.6) is 0 Å². The highest BCUT2D eigenvalue weighted by Gasteiger charge is 2.37. The lowest BCUT2D eigenvalue weighted by molar-refractivity contribution is 0.00000850. The number of hydrogen-bond donors (Lipinski definition) is 0. The molecular formula is C15H28BrNO2. The average molecular weight is 334 g/mol. The fourth-order valence-electron chi connectivity index (χ4n) is 2.54. The van der Waals surface area contributed by atoms with E-state index in [1.165, 1.54) is 0 Å². The Morgan fingerprint density at radius 3 is 2.26 bits per heavy atom. The van der Waals surface area contributed by atoms with E-state index < -0.39 is 5.60 Å². The lowest BCUT2D eigenvalue weighted by atomic mass is 9.73. The molecule has 19 heavy (non-hydrogen) atoms. The normalized spacial score (nSPS) is 25.3. The largest absolute Gasteiger partial charge is 0.444 e. The molecule has 1 fully saturated rings. The zero-order valence-electron chi connectivity index (χ0n) is 13.1. The van der Waals surface area contributed by atoms with Crippen LogP contribution in [0, 0.1) is 11.3 Å². The molecule has 0 bridgehead atoms. The van der Waals surface area contributed by atoms with Gasteiger partial charge < -0.3 is 9.64 Å². The van der Waals surface area contributed by atoms with E-state index >= 15 is 0 Å². The number of carbonyl (C=O) groups excluding carboxylic acids is 1. The van der Waals surface area contributed by atoms with E-state index in [1.54, 1.807) is 0 Å². The van der Waals surface area contributed by atoms with Gasteiger partial charge in [-0.1, -0.05) is 36.7 Å². The van der Waals surface area contributed by atoms with E-state index in [-0.39, 0.29) is 12.1 Å². The number of alkyl halides is 1. The Morgan fingerprint density at radius 1 is 1.26 bits per heavy atom. The minimum absolute atomic E-state index is 0.177. The van der Waals surface area contributed by atoms with Crippen molar-refractivity contribution in [2.45, 2.75) is 66.0 Å². The molecule has 4 heteroatoms. The lowest BCUT2D eigenvalue weighted by Gasteiger charge is -2.43. The Morgan fingerprint density at radius 2 is 1.84 bits per heavy atom. The van der Waals surface area contributed by atoms with Crippen LogP contribution in [0.3, 0.4) is 0 Å². The van der Waals surface area contributed by atoms with Crippen molar-refractivity contribution in [3.63, 3.8) is 0 Å². The first-order valence-corrected chi connectivity index (χ1v) is 8.22. The monoisotopic (exact) mass is 333 g/mol. The molecule has 1 saturated heterocycles. The lowest BCUT2D eigenvalue weighted by Crippen LogP contribution is -2.50. The molecule has 0 aromatic heterocycles. The minimum Gasteiger partial charge on any atom is -0.444 e. The van der Waals surface area contributed by atoms with Gasteiger partial charge in [-0.15, -0.1) is 0 Å². The summed E-state index contributed by atoms with van der Waals surface area (Å²) in [5.41, 5.74) is -0.116. The first-order chi connectivity index (χ1) is 8.54. The van der Waals surface area contributed by atoms with Crippen molar-refractivity contribution in [2.75, 3.05) is 11.9 Å². The molecule has 0 aromatic carbocycles. The van der Waals surface area contributed by atoms with Crippen molar-refractivity contribution < 1.29 is 9.53 Å². The summed E-state index contributed by atoms with van der Waals surface area (Å²) in [6, 6.07) is 0.243. The molecule has 1 aliphatic heterocycles. The van der Waals surface area contributed by atoms with Crippen LogP contribution < -0.4 is 0 Å². The third kappa shape index (κ3) is 4.97. The second-order valence-corrected chi connectivity index (χ2v) is 8.22. The molecule has 0 aromatic rings. The van der Waals surface area contributed by atoms with Gasteiger partial charge in [-0.2, -0.15) is 0 Å². The zero-order valence-corrected chi connectivity index (χ0v) is 14.7. The molecule has 0 spiro atoms. The molecule has 0 N–H and O–H groups in total. The molecule has 1 amide bonds. The Kier molecular flexibility index (Phi) is 5.33. The van der Waals surface area contributed by atoms with Gasteiger partial charge in [-0.3, -0.25) is 0 Å². The molecule has 0 saturated carbocycles. The predicted octanol–water partition coefficient (Wildman–Crippen LogP) is 4.44. The SMILES string of the molecule is CC(C)(C)OC(=O)N1CC[C@H](C(C)(C)C)C[C@@H]1CBr. The van der Waals surface area contributed by atoms with Crippen LogP contribution in [0.4, 0.5) is 4.79 Å². The van der Waals surface area contributed by atoms with E-state index in [0.29, 0.717) is 11.3 Å². The first kappa shape index (κ1) is 16.8. The van der Waals surface area contributed by atoms with Crippen molar-refractivity contribution >= 4 is 22.0 Å². The van der Waals surface area contributed by atoms with Gasteiger partial charge in [0.15, 0.2) is 0 Å². The van der Waals surface area contributed by atoms with E-state index in [2.05, 4.69) is 36.7 Å². The smallest absolute Gasteiger partial charge is 0.410 e. The Hall–Kier alpha value is -0.250. The highest BCUT2D eigenvalue weighted by atomic mass is 79.9. The molecular weight excluding hydrogens is 306 g/mol. The third-order valence-corrected chi connectivity index (χ3v) is 4.49. The standard InChI is InChI=1S/C15H28BrNO2/c1-14(2,3)11-7-8-17(12(9-11)10-16)13(18)19-15(4,5)6/h11-12H,7-10H2,1-6H3/t11-,12+/m0/s1. The van der Waals surface area contributed by atoms with Crippen LogP contribution in [0.2, 0.25) is 0 Å². The van der Waals surface area contributed by atoms with Gasteiger partial charge in [0.05, 0.1) is 0 Å². The van der Waals surface area contributed by atoms with Gasteiger partial charge in [-0.25, -0.2) is 4.79 Å². The second kappa shape index (κ2) is 6.02. The van der Waals surface area contributed by atoms with Crippen LogP contribution in [0.1, 0.15) is 54.4 Å². The fraction of sp³-hybridized carbons (Fsp3) is 0.933. The number of piperidine rings is 1. The summed E-state index contributed by atoms with van der Waals surface area (Å²) in [5.74, 6) is 0.661. The summed E-state index contributed by atoms with van der Waals surface area (Å²) < 4.78 is 5.50. The summed E-state index contributed by atoms with van der Waals surface area (Å²) in [6.45, 7) is 13.4. The van der Waals surface area contributed by atoms with Gasteiger partial charge in [-0.05, 0) is 44.9 Å². The number of ether oxygens (including phenoxy) is 1. The van der Waals surface area contributed by atoms with Crippen molar-refractivity contribution in [3.8, 4) is 0 Å². The van der Waals surface area contributed by atoms with E-state index in [9.17, 15) is 4.79 Å². The summed E-state index contributed by atoms with van der Waals surface area (Å²) >= 11 is 3.54. The third-order valence-electron chi connectivity index (χ3n) is 3.75. The highest BCUT2D eigenvalue weighted by Crippen LogP contribution is 2.37. The van der Waals surface area contributed by atoms with Crippen LogP contribution >= 0.6 is 15.9 Å². The fourth-order valence-corrected chi connectivity index (χ4v) is 3.16. The maximum Gasteiger partial charge on any atom is 0.410 e. The van der Waals surface area contributed by atoms with Crippen LogP contribution in [-0.2, 0) is 4.74 Å². The molecule has 3 nitrogen and oxygen atoms in total. The molecule has 1 heterocycles. The number of halogens is 1. The number of nitrogens with zero attached hydrogens (tertiary/aromatic N) is 1. The van der Waals surface area contributed by atoms with Crippen molar-refractivity contribution in [2.24, 2.45) is 11.3 Å². The number of amides is 1. The molecule has 0 radical (unpaired) electrons. The Balaban J connectivity index is 2.70. The molecule has 1 aliphatic rings. The highest BCUT2D eigenvalue weighted by molar-refractivity contribution is 9.09. The van der Waals surface area contributed by atoms with Gasteiger partial charge in [0.1, 0.15) is 5.60 Å². The number of rotatable bonds is 1. The van der Waals surface area contributed by atoms with Crippen molar-refractivity contribution in [3.05, 3.63) is 0 Å². The average Bonchev–Trinajstić information content (AvgIpc) is 2.24. The second-order valence-electron chi connectivity index (χ2n) is 7.57. The number of hydrogen-bond acceptors (Lipinski definition) is 2. The Bertz CT molecular complexity index is 317. The number of carbonyl (C=O) groups is 1. The summed E-state index contributed by atoms with van der Waals surface area (Å²) in [5, 5.41) is 0.818. The van der Waals surface area contributed by atoms with Crippen LogP contribution in [0.15, 0.2) is 0 Å². The maximum atomic E-state index is 12.2. The van der Waals surface area contributed by atoms with Gasteiger partial charge in [0.2, 0.25) is 0 Å². The van der Waals surface area contributed by atoms with Gasteiger partial charge in [0.25, 0.3) is 0 Å².